The van der Waals surface area contributed by atoms with E-state index in [1.807, 2.05) is 12.3 Å². The molecule has 0 aliphatic carbocycles. The molecule has 0 bridgehead atoms. The fraction of sp³-hybridized carbons (Fsp3) is 0.667. The summed E-state index contributed by atoms with van der Waals surface area (Å²) in [5.41, 5.74) is 1.19. The topological polar surface area (TPSA) is 24.9 Å². The SMILES string of the molecule is CCCCC(C)C(NC)C(C)c1ccccn1. The van der Waals surface area contributed by atoms with Gasteiger partial charge in [-0.3, -0.25) is 4.98 Å². The first-order valence-corrected chi connectivity index (χ1v) is 6.78. The second kappa shape index (κ2) is 7.44. The first-order chi connectivity index (χ1) is 8.20. The first-order valence-electron chi connectivity index (χ1n) is 6.78. The van der Waals surface area contributed by atoms with Gasteiger partial charge in [0.25, 0.3) is 0 Å². The number of nitrogens with one attached hydrogen (secondary N) is 1. The minimum atomic E-state index is 0.466. The summed E-state index contributed by atoms with van der Waals surface area (Å²) >= 11 is 0. The van der Waals surface area contributed by atoms with Crippen molar-refractivity contribution in [2.24, 2.45) is 5.92 Å². The van der Waals surface area contributed by atoms with Crippen molar-refractivity contribution in [2.45, 2.75) is 52.0 Å². The Morgan fingerprint density at radius 1 is 1.29 bits per heavy atom. The van der Waals surface area contributed by atoms with Gasteiger partial charge < -0.3 is 5.32 Å². The molecule has 0 saturated carbocycles. The number of likely N-dealkylation sites (N-methyl/N-ethyl adjacent to an activating group) is 1. The molecule has 3 unspecified atom stereocenters. The third-order valence-electron chi connectivity index (χ3n) is 3.65. The predicted octanol–water partition coefficient (Wildman–Crippen LogP) is 3.60. The first kappa shape index (κ1) is 14.2. The van der Waals surface area contributed by atoms with Gasteiger partial charge in [-0.1, -0.05) is 39.7 Å². The number of nitrogens with zero attached hydrogens (tertiary/aromatic N) is 1. The standard InChI is InChI=1S/C15H26N2/c1-5-6-9-12(2)15(16-4)13(3)14-10-7-8-11-17-14/h7-8,10-13,15-16H,5-6,9H2,1-4H3. The van der Waals surface area contributed by atoms with E-state index in [0.717, 1.165) is 0 Å². The van der Waals surface area contributed by atoms with E-state index in [1.54, 1.807) is 0 Å². The van der Waals surface area contributed by atoms with E-state index in [2.05, 4.69) is 50.3 Å². The molecule has 2 nitrogen and oxygen atoms in total. The number of rotatable bonds is 7. The molecule has 17 heavy (non-hydrogen) atoms. The van der Waals surface area contributed by atoms with Crippen LogP contribution in [0.3, 0.4) is 0 Å². The number of hydrogen-bond donors (Lipinski definition) is 1. The Morgan fingerprint density at radius 2 is 2.06 bits per heavy atom. The second-order valence-corrected chi connectivity index (χ2v) is 4.98. The average Bonchev–Trinajstić information content (AvgIpc) is 2.38. The molecule has 96 valence electrons. The lowest BCUT2D eigenvalue weighted by Gasteiger charge is -2.29. The van der Waals surface area contributed by atoms with E-state index in [4.69, 9.17) is 0 Å². The monoisotopic (exact) mass is 234 g/mol. The van der Waals surface area contributed by atoms with Crippen LogP contribution in [0.25, 0.3) is 0 Å². The third-order valence-corrected chi connectivity index (χ3v) is 3.65. The molecule has 0 spiro atoms. The summed E-state index contributed by atoms with van der Waals surface area (Å²) in [5.74, 6) is 1.16. The Morgan fingerprint density at radius 3 is 2.59 bits per heavy atom. The molecule has 3 atom stereocenters. The van der Waals surface area contributed by atoms with Gasteiger partial charge in [0.15, 0.2) is 0 Å². The van der Waals surface area contributed by atoms with E-state index in [-0.39, 0.29) is 0 Å². The van der Waals surface area contributed by atoms with Gasteiger partial charge in [-0.25, -0.2) is 0 Å². The molecule has 0 aliphatic heterocycles. The molecule has 0 radical (unpaired) electrons. The predicted molar refractivity (Wildman–Crippen MR) is 74.2 cm³/mol. The normalized spacial score (nSPS) is 16.5. The maximum absolute atomic E-state index is 4.47. The van der Waals surface area contributed by atoms with Gasteiger partial charge in [-0.05, 0) is 31.5 Å². The quantitative estimate of drug-likeness (QED) is 0.779. The average molecular weight is 234 g/mol. The zero-order chi connectivity index (χ0) is 12.7. The van der Waals surface area contributed by atoms with E-state index in [0.29, 0.717) is 17.9 Å². The molecule has 0 aromatic carbocycles. The van der Waals surface area contributed by atoms with Crippen LogP contribution >= 0.6 is 0 Å². The lowest BCUT2D eigenvalue weighted by Crippen LogP contribution is -2.37. The van der Waals surface area contributed by atoms with Crippen molar-refractivity contribution >= 4 is 0 Å². The summed E-state index contributed by atoms with van der Waals surface area (Å²) in [6, 6.07) is 6.69. The van der Waals surface area contributed by atoms with Crippen LogP contribution in [-0.2, 0) is 0 Å². The second-order valence-electron chi connectivity index (χ2n) is 4.98. The van der Waals surface area contributed by atoms with E-state index >= 15 is 0 Å². The highest BCUT2D eigenvalue weighted by atomic mass is 14.9. The third kappa shape index (κ3) is 4.12. The van der Waals surface area contributed by atoms with Crippen molar-refractivity contribution in [3.05, 3.63) is 30.1 Å². The van der Waals surface area contributed by atoms with Gasteiger partial charge in [-0.15, -0.1) is 0 Å². The summed E-state index contributed by atoms with van der Waals surface area (Å²) in [7, 11) is 2.06. The maximum atomic E-state index is 4.47. The van der Waals surface area contributed by atoms with Crippen molar-refractivity contribution in [1.29, 1.82) is 0 Å². The zero-order valence-corrected chi connectivity index (χ0v) is 11.6. The van der Waals surface area contributed by atoms with Crippen molar-refractivity contribution in [3.8, 4) is 0 Å². The molecule has 2 heteroatoms. The van der Waals surface area contributed by atoms with Crippen LogP contribution in [-0.4, -0.2) is 18.1 Å². The van der Waals surface area contributed by atoms with Crippen molar-refractivity contribution in [2.75, 3.05) is 7.05 Å². The summed E-state index contributed by atoms with van der Waals surface area (Å²) in [5, 5.41) is 3.47. The van der Waals surface area contributed by atoms with E-state index < -0.39 is 0 Å². The van der Waals surface area contributed by atoms with Crippen LogP contribution < -0.4 is 5.32 Å². The molecular weight excluding hydrogens is 208 g/mol. The van der Waals surface area contributed by atoms with E-state index in [9.17, 15) is 0 Å². The Labute approximate surface area is 106 Å². The summed E-state index contributed by atoms with van der Waals surface area (Å²) in [6.45, 7) is 6.87. The highest BCUT2D eigenvalue weighted by Gasteiger charge is 2.23. The number of unbranched alkanes of at least 4 members (excludes halogenated alkanes) is 1. The molecule has 1 N–H and O–H groups in total. The van der Waals surface area contributed by atoms with Gasteiger partial charge >= 0.3 is 0 Å². The van der Waals surface area contributed by atoms with Crippen LogP contribution in [0.1, 0.15) is 51.6 Å². The molecule has 1 aromatic heterocycles. The molecule has 1 aromatic rings. The molecule has 1 rings (SSSR count). The van der Waals surface area contributed by atoms with Crippen LogP contribution in [0.2, 0.25) is 0 Å². The highest BCUT2D eigenvalue weighted by molar-refractivity contribution is 5.11. The highest BCUT2D eigenvalue weighted by Crippen LogP contribution is 2.25. The Bertz CT molecular complexity index is 297. The summed E-state index contributed by atoms with van der Waals surface area (Å²) in [4.78, 5) is 4.47. The number of aromatic nitrogens is 1. The lowest BCUT2D eigenvalue weighted by molar-refractivity contribution is 0.327. The van der Waals surface area contributed by atoms with Gasteiger partial charge in [-0.2, -0.15) is 0 Å². The molecule has 0 fully saturated rings. The fourth-order valence-corrected chi connectivity index (χ4v) is 2.56. The number of hydrogen-bond acceptors (Lipinski definition) is 2. The minimum Gasteiger partial charge on any atom is -0.316 e. The lowest BCUT2D eigenvalue weighted by atomic mass is 9.85. The maximum Gasteiger partial charge on any atom is 0.0447 e. The minimum absolute atomic E-state index is 0.466. The van der Waals surface area contributed by atoms with Crippen molar-refractivity contribution < 1.29 is 0 Å². The van der Waals surface area contributed by atoms with E-state index in [1.165, 1.54) is 25.0 Å². The fourth-order valence-electron chi connectivity index (χ4n) is 2.56. The van der Waals surface area contributed by atoms with Gasteiger partial charge in [0.2, 0.25) is 0 Å². The smallest absolute Gasteiger partial charge is 0.0447 e. The van der Waals surface area contributed by atoms with Crippen LogP contribution in [0.5, 0.6) is 0 Å². The number of pyridine rings is 1. The molecule has 0 amide bonds. The van der Waals surface area contributed by atoms with Gasteiger partial charge in [0.05, 0.1) is 0 Å². The Kier molecular flexibility index (Phi) is 6.20. The Balaban J connectivity index is 2.66. The van der Waals surface area contributed by atoms with Crippen LogP contribution in [0.15, 0.2) is 24.4 Å². The summed E-state index contributed by atoms with van der Waals surface area (Å²) < 4.78 is 0. The molecule has 0 saturated heterocycles. The van der Waals surface area contributed by atoms with Gasteiger partial charge in [0, 0.05) is 23.9 Å². The molecule has 0 aliphatic rings. The van der Waals surface area contributed by atoms with Crippen LogP contribution in [0.4, 0.5) is 0 Å². The van der Waals surface area contributed by atoms with Crippen molar-refractivity contribution in [1.82, 2.24) is 10.3 Å². The zero-order valence-electron chi connectivity index (χ0n) is 11.6. The summed E-state index contributed by atoms with van der Waals surface area (Å²) in [6.07, 6.45) is 5.77. The van der Waals surface area contributed by atoms with Crippen molar-refractivity contribution in [3.63, 3.8) is 0 Å². The molecule has 1 heterocycles. The Hall–Kier alpha value is -0.890. The largest absolute Gasteiger partial charge is 0.316 e. The van der Waals surface area contributed by atoms with Gasteiger partial charge in [0.1, 0.15) is 0 Å². The molecular formula is C15H26N2. The van der Waals surface area contributed by atoms with Crippen LogP contribution in [0, 0.1) is 5.92 Å².